The number of hydrogen-bond acceptors (Lipinski definition) is 3. The molecule has 0 aliphatic heterocycles. The zero-order valence-corrected chi connectivity index (χ0v) is 7.34. The number of carboxylic acids is 1. The number of rotatable bonds is 2. The van der Waals surface area contributed by atoms with E-state index in [4.69, 9.17) is 5.11 Å². The van der Waals surface area contributed by atoms with Crippen LogP contribution in [0.1, 0.15) is 9.67 Å². The van der Waals surface area contributed by atoms with Crippen LogP contribution >= 0.6 is 11.3 Å². The highest BCUT2D eigenvalue weighted by Gasteiger charge is 2.13. The number of carboxylic acid groups (broad SMARTS) is 1. The fraction of sp³-hybridized carbons (Fsp3) is 0. The van der Waals surface area contributed by atoms with E-state index in [1.54, 1.807) is 23.8 Å². The van der Waals surface area contributed by atoms with Gasteiger partial charge in [0.2, 0.25) is 0 Å². The number of aromatic carboxylic acids is 1. The number of thiophene rings is 1. The van der Waals surface area contributed by atoms with Gasteiger partial charge in [0, 0.05) is 17.3 Å². The van der Waals surface area contributed by atoms with E-state index in [9.17, 15) is 4.79 Å². The van der Waals surface area contributed by atoms with Gasteiger partial charge in [0.25, 0.3) is 0 Å². The van der Waals surface area contributed by atoms with Crippen LogP contribution in [0.5, 0.6) is 0 Å². The summed E-state index contributed by atoms with van der Waals surface area (Å²) in [5, 5.41) is 17.0. The van der Waals surface area contributed by atoms with E-state index in [0.29, 0.717) is 10.4 Å². The highest BCUT2D eigenvalue weighted by Crippen LogP contribution is 2.27. The molecule has 4 nitrogen and oxygen atoms in total. The molecule has 0 saturated carbocycles. The number of hydrogen-bond donors (Lipinski definition) is 2. The van der Waals surface area contributed by atoms with Crippen LogP contribution in [-0.4, -0.2) is 21.3 Å². The van der Waals surface area contributed by atoms with Crippen LogP contribution in [0.3, 0.4) is 0 Å². The maximum Gasteiger partial charge on any atom is 0.346 e. The van der Waals surface area contributed by atoms with Gasteiger partial charge >= 0.3 is 5.97 Å². The molecule has 0 atom stereocenters. The molecule has 2 heterocycles. The molecule has 0 radical (unpaired) electrons. The molecule has 0 aliphatic carbocycles. The molecule has 2 rings (SSSR count). The Labute approximate surface area is 77.8 Å². The van der Waals surface area contributed by atoms with Crippen molar-refractivity contribution in [3.8, 4) is 11.1 Å². The minimum atomic E-state index is -0.897. The molecule has 2 N–H and O–H groups in total. The summed E-state index contributed by atoms with van der Waals surface area (Å²) in [7, 11) is 0. The standard InChI is InChI=1S/C8H6N2O2S/c11-8(12)7-6(1-2-13-7)5-3-9-10-4-5/h1-4H,(H,9,10)(H,11,12). The Morgan fingerprint density at radius 2 is 2.46 bits per heavy atom. The predicted octanol–water partition coefficient (Wildman–Crippen LogP) is 1.84. The Bertz CT molecular complexity index is 419. The highest BCUT2D eigenvalue weighted by molar-refractivity contribution is 7.12. The quantitative estimate of drug-likeness (QED) is 0.766. The van der Waals surface area contributed by atoms with Crippen molar-refractivity contribution in [1.29, 1.82) is 0 Å². The molecule has 0 fully saturated rings. The van der Waals surface area contributed by atoms with Crippen LogP contribution in [0.15, 0.2) is 23.8 Å². The van der Waals surface area contributed by atoms with Crippen LogP contribution in [0.25, 0.3) is 11.1 Å². The van der Waals surface area contributed by atoms with E-state index in [1.165, 1.54) is 11.3 Å². The van der Waals surface area contributed by atoms with Crippen LogP contribution in [-0.2, 0) is 0 Å². The fourth-order valence-electron chi connectivity index (χ4n) is 1.10. The van der Waals surface area contributed by atoms with Gasteiger partial charge in [0.1, 0.15) is 4.88 Å². The van der Waals surface area contributed by atoms with Crippen LogP contribution < -0.4 is 0 Å². The molecule has 66 valence electrons. The summed E-state index contributed by atoms with van der Waals surface area (Å²) in [6.07, 6.45) is 3.28. The fourth-order valence-corrected chi connectivity index (χ4v) is 1.85. The molecule has 0 aromatic carbocycles. The molecular formula is C8H6N2O2S. The van der Waals surface area contributed by atoms with E-state index in [-0.39, 0.29) is 0 Å². The van der Waals surface area contributed by atoms with Gasteiger partial charge in [-0.3, -0.25) is 5.10 Å². The largest absolute Gasteiger partial charge is 0.477 e. The van der Waals surface area contributed by atoms with Crippen molar-refractivity contribution in [1.82, 2.24) is 10.2 Å². The van der Waals surface area contributed by atoms with Crippen molar-refractivity contribution in [2.24, 2.45) is 0 Å². The number of H-pyrrole nitrogens is 1. The van der Waals surface area contributed by atoms with Gasteiger partial charge in [0.05, 0.1) is 6.20 Å². The average Bonchev–Trinajstić information content (AvgIpc) is 2.74. The van der Waals surface area contributed by atoms with E-state index in [0.717, 1.165) is 5.56 Å². The summed E-state index contributed by atoms with van der Waals surface area (Å²) < 4.78 is 0. The lowest BCUT2D eigenvalue weighted by Gasteiger charge is -1.93. The minimum absolute atomic E-state index is 0.349. The molecule has 0 aliphatic rings. The summed E-state index contributed by atoms with van der Waals surface area (Å²) in [5.74, 6) is -0.897. The van der Waals surface area contributed by atoms with E-state index < -0.39 is 5.97 Å². The lowest BCUT2D eigenvalue weighted by Crippen LogP contribution is -1.93. The molecule has 2 aromatic heterocycles. The predicted molar refractivity (Wildman–Crippen MR) is 48.9 cm³/mol. The van der Waals surface area contributed by atoms with Crippen LogP contribution in [0, 0.1) is 0 Å². The van der Waals surface area contributed by atoms with Gasteiger partial charge in [-0.2, -0.15) is 5.10 Å². The maximum absolute atomic E-state index is 10.8. The first-order valence-corrected chi connectivity index (χ1v) is 4.47. The second-order valence-electron chi connectivity index (χ2n) is 2.46. The molecule has 2 aromatic rings. The normalized spacial score (nSPS) is 10.2. The smallest absolute Gasteiger partial charge is 0.346 e. The summed E-state index contributed by atoms with van der Waals surface area (Å²) in [4.78, 5) is 11.1. The molecule has 0 amide bonds. The molecule has 5 heteroatoms. The Morgan fingerprint density at radius 3 is 3.08 bits per heavy atom. The van der Waals surface area contributed by atoms with Crippen molar-refractivity contribution >= 4 is 17.3 Å². The van der Waals surface area contributed by atoms with Crippen molar-refractivity contribution in [3.05, 3.63) is 28.7 Å². The molecular weight excluding hydrogens is 188 g/mol. The molecule has 13 heavy (non-hydrogen) atoms. The maximum atomic E-state index is 10.8. The average molecular weight is 194 g/mol. The Morgan fingerprint density at radius 1 is 1.62 bits per heavy atom. The first kappa shape index (κ1) is 8.00. The number of aromatic nitrogens is 2. The van der Waals surface area contributed by atoms with Gasteiger partial charge in [-0.05, 0) is 11.4 Å². The highest BCUT2D eigenvalue weighted by atomic mass is 32.1. The molecule has 0 bridgehead atoms. The van der Waals surface area contributed by atoms with E-state index in [2.05, 4.69) is 10.2 Å². The van der Waals surface area contributed by atoms with Crippen molar-refractivity contribution in [2.45, 2.75) is 0 Å². The third-order valence-electron chi connectivity index (χ3n) is 1.67. The zero-order valence-electron chi connectivity index (χ0n) is 6.52. The Hall–Kier alpha value is -1.62. The minimum Gasteiger partial charge on any atom is -0.477 e. The monoisotopic (exact) mass is 194 g/mol. The summed E-state index contributed by atoms with van der Waals surface area (Å²) in [5.41, 5.74) is 1.52. The van der Waals surface area contributed by atoms with Gasteiger partial charge in [-0.25, -0.2) is 4.79 Å². The third-order valence-corrected chi connectivity index (χ3v) is 2.57. The van der Waals surface area contributed by atoms with Crippen LogP contribution in [0.4, 0.5) is 0 Å². The van der Waals surface area contributed by atoms with Gasteiger partial charge in [-0.15, -0.1) is 11.3 Å². The first-order chi connectivity index (χ1) is 6.29. The summed E-state index contributed by atoms with van der Waals surface area (Å²) in [6.45, 7) is 0. The van der Waals surface area contributed by atoms with Gasteiger partial charge in [-0.1, -0.05) is 0 Å². The molecule has 0 spiro atoms. The topological polar surface area (TPSA) is 66.0 Å². The number of carbonyl (C=O) groups is 1. The number of nitrogens with zero attached hydrogens (tertiary/aromatic N) is 1. The summed E-state index contributed by atoms with van der Waals surface area (Å²) >= 11 is 1.21. The lowest BCUT2D eigenvalue weighted by atomic mass is 10.1. The number of aromatic amines is 1. The second-order valence-corrected chi connectivity index (χ2v) is 3.37. The third kappa shape index (κ3) is 1.33. The van der Waals surface area contributed by atoms with E-state index in [1.807, 2.05) is 0 Å². The van der Waals surface area contributed by atoms with Crippen molar-refractivity contribution in [2.75, 3.05) is 0 Å². The lowest BCUT2D eigenvalue weighted by molar-refractivity contribution is 0.0703. The van der Waals surface area contributed by atoms with Gasteiger partial charge in [0.15, 0.2) is 0 Å². The SMILES string of the molecule is O=C(O)c1sccc1-c1cn[nH]c1. The van der Waals surface area contributed by atoms with Crippen LogP contribution in [0.2, 0.25) is 0 Å². The Balaban J connectivity index is 2.52. The van der Waals surface area contributed by atoms with E-state index >= 15 is 0 Å². The molecule has 0 saturated heterocycles. The van der Waals surface area contributed by atoms with Gasteiger partial charge < -0.3 is 5.11 Å². The first-order valence-electron chi connectivity index (χ1n) is 3.59. The zero-order chi connectivity index (χ0) is 9.26. The number of nitrogens with one attached hydrogen (secondary N) is 1. The van der Waals surface area contributed by atoms with Crippen molar-refractivity contribution in [3.63, 3.8) is 0 Å². The Kier molecular flexibility index (Phi) is 1.86. The second kappa shape index (κ2) is 3.02. The molecule has 0 unspecified atom stereocenters. The van der Waals surface area contributed by atoms with Crippen molar-refractivity contribution < 1.29 is 9.90 Å². The summed E-state index contributed by atoms with van der Waals surface area (Å²) in [6, 6.07) is 1.78.